The van der Waals surface area contributed by atoms with Gasteiger partial charge in [0.2, 0.25) is 17.6 Å². The normalized spacial score (nSPS) is 15.6. The van der Waals surface area contributed by atoms with Gasteiger partial charge in [0.05, 0.1) is 29.6 Å². The van der Waals surface area contributed by atoms with Crippen LogP contribution < -0.4 is 4.74 Å². The second kappa shape index (κ2) is 9.64. The molecule has 1 fully saturated rings. The molecule has 4 aromatic rings. The fourth-order valence-corrected chi connectivity index (χ4v) is 4.60. The lowest BCUT2D eigenvalue weighted by molar-refractivity contribution is -0.274. The molecule has 5 rings (SSSR count). The van der Waals surface area contributed by atoms with Crippen LogP contribution in [0.25, 0.3) is 22.2 Å². The van der Waals surface area contributed by atoms with Gasteiger partial charge in [-0.3, -0.25) is 4.90 Å². The molecular formula is C24H22ClF3N4O4. The van der Waals surface area contributed by atoms with Gasteiger partial charge < -0.3 is 24.0 Å². The first-order valence-electron chi connectivity index (χ1n) is 11.2. The molecule has 1 saturated heterocycles. The minimum absolute atomic E-state index is 0.0711. The van der Waals surface area contributed by atoms with Crippen molar-refractivity contribution in [3.05, 3.63) is 59.1 Å². The summed E-state index contributed by atoms with van der Waals surface area (Å²) in [6.45, 7) is 2.19. The smallest absolute Gasteiger partial charge is 0.494 e. The maximum absolute atomic E-state index is 12.4. The molecule has 36 heavy (non-hydrogen) atoms. The SMILES string of the molecule is Oc1c2c(Cl)cc(-c3noc(CN4CCC(O)CC4)n3)cc2cn1Cc1ccc(OC(F)(F)F)cc1. The zero-order chi connectivity index (χ0) is 25.4. The van der Waals surface area contributed by atoms with Gasteiger partial charge in [0.25, 0.3) is 0 Å². The quantitative estimate of drug-likeness (QED) is 0.369. The summed E-state index contributed by atoms with van der Waals surface area (Å²) in [4.78, 5) is 6.61. The number of aliphatic hydroxyl groups is 1. The third-order valence-electron chi connectivity index (χ3n) is 6.06. The molecule has 0 atom stereocenters. The van der Waals surface area contributed by atoms with Crippen LogP contribution >= 0.6 is 11.6 Å². The highest BCUT2D eigenvalue weighted by Gasteiger charge is 2.31. The Bertz CT molecular complexity index is 1360. The molecule has 8 nitrogen and oxygen atoms in total. The van der Waals surface area contributed by atoms with E-state index in [0.29, 0.717) is 58.0 Å². The molecule has 1 aliphatic heterocycles. The number of fused-ring (bicyclic) bond motifs is 1. The van der Waals surface area contributed by atoms with Crippen molar-refractivity contribution in [2.24, 2.45) is 0 Å². The Morgan fingerprint density at radius 1 is 1.11 bits per heavy atom. The first-order valence-corrected chi connectivity index (χ1v) is 11.6. The summed E-state index contributed by atoms with van der Waals surface area (Å²) >= 11 is 6.48. The minimum atomic E-state index is -4.76. The second-order valence-electron chi connectivity index (χ2n) is 8.71. The molecule has 0 radical (unpaired) electrons. The van der Waals surface area contributed by atoms with Crippen LogP contribution in [0.4, 0.5) is 13.2 Å². The minimum Gasteiger partial charge on any atom is -0.494 e. The van der Waals surface area contributed by atoms with Gasteiger partial charge in [-0.05, 0) is 42.7 Å². The van der Waals surface area contributed by atoms with Gasteiger partial charge in [0.15, 0.2) is 0 Å². The average Bonchev–Trinajstić information content (AvgIpc) is 3.40. The Morgan fingerprint density at radius 2 is 1.83 bits per heavy atom. The van der Waals surface area contributed by atoms with Crippen molar-refractivity contribution < 1.29 is 32.6 Å². The molecular weight excluding hydrogens is 501 g/mol. The molecule has 0 spiro atoms. The molecule has 1 aliphatic rings. The number of hydrogen-bond acceptors (Lipinski definition) is 7. The summed E-state index contributed by atoms with van der Waals surface area (Å²) in [5, 5.41) is 25.8. The highest BCUT2D eigenvalue weighted by Crippen LogP contribution is 2.37. The average molecular weight is 523 g/mol. The largest absolute Gasteiger partial charge is 0.573 e. The fraction of sp³-hybridized carbons (Fsp3) is 0.333. The zero-order valence-corrected chi connectivity index (χ0v) is 19.6. The highest BCUT2D eigenvalue weighted by molar-refractivity contribution is 6.36. The number of piperidine rings is 1. The van der Waals surface area contributed by atoms with Crippen molar-refractivity contribution in [2.75, 3.05) is 13.1 Å². The maximum atomic E-state index is 12.4. The number of alkyl halides is 3. The van der Waals surface area contributed by atoms with E-state index in [-0.39, 0.29) is 24.3 Å². The number of rotatable bonds is 6. The highest BCUT2D eigenvalue weighted by atomic mass is 35.5. The number of hydrogen-bond donors (Lipinski definition) is 2. The standard InChI is InChI=1S/C24H22ClF3N4O4/c25-19-10-15(22-29-20(36-30-22)13-31-7-5-17(33)6-8-31)9-16-12-32(23(34)21(16)19)11-14-1-3-18(4-2-14)35-24(26,27)28/h1-4,9-10,12,17,33-34H,5-8,11,13H2. The van der Waals surface area contributed by atoms with Crippen molar-refractivity contribution in [2.45, 2.75) is 38.4 Å². The van der Waals surface area contributed by atoms with E-state index in [4.69, 9.17) is 16.1 Å². The lowest BCUT2D eigenvalue weighted by Crippen LogP contribution is -2.35. The fourth-order valence-electron chi connectivity index (χ4n) is 4.29. The Morgan fingerprint density at radius 3 is 2.53 bits per heavy atom. The van der Waals surface area contributed by atoms with E-state index in [1.807, 2.05) is 0 Å². The summed E-state index contributed by atoms with van der Waals surface area (Å²) < 4.78 is 48.0. The van der Waals surface area contributed by atoms with Gasteiger partial charge in [-0.1, -0.05) is 28.9 Å². The molecule has 2 aromatic carbocycles. The number of ether oxygens (including phenoxy) is 1. The Kier molecular flexibility index (Phi) is 6.54. The summed E-state index contributed by atoms with van der Waals surface area (Å²) in [5.74, 6) is 0.422. The monoisotopic (exact) mass is 522 g/mol. The van der Waals surface area contributed by atoms with Crippen LogP contribution in [0.5, 0.6) is 11.6 Å². The lowest BCUT2D eigenvalue weighted by Gasteiger charge is -2.27. The third kappa shape index (κ3) is 5.43. The number of aromatic nitrogens is 3. The predicted octanol–water partition coefficient (Wildman–Crippen LogP) is 4.95. The van der Waals surface area contributed by atoms with E-state index in [1.165, 1.54) is 24.3 Å². The van der Waals surface area contributed by atoms with Crippen molar-refractivity contribution in [1.82, 2.24) is 19.6 Å². The number of benzene rings is 2. The van der Waals surface area contributed by atoms with Crippen LogP contribution in [0.15, 0.2) is 47.1 Å². The molecule has 190 valence electrons. The van der Waals surface area contributed by atoms with Crippen LogP contribution in [0.2, 0.25) is 5.02 Å². The number of likely N-dealkylation sites (tertiary alicyclic amines) is 1. The van der Waals surface area contributed by atoms with E-state index >= 15 is 0 Å². The first-order chi connectivity index (χ1) is 17.1. The van der Waals surface area contributed by atoms with Gasteiger partial charge >= 0.3 is 6.36 Å². The molecule has 0 amide bonds. The van der Waals surface area contributed by atoms with Crippen LogP contribution in [-0.4, -0.2) is 55.4 Å². The predicted molar refractivity (Wildman–Crippen MR) is 125 cm³/mol. The Labute approximate surface area is 208 Å². The number of halogens is 4. The molecule has 0 bridgehead atoms. The molecule has 3 heterocycles. The molecule has 2 N–H and O–H groups in total. The molecule has 0 saturated carbocycles. The number of nitrogens with zero attached hydrogens (tertiary/aromatic N) is 4. The van der Waals surface area contributed by atoms with E-state index < -0.39 is 6.36 Å². The summed E-state index contributed by atoms with van der Waals surface area (Å²) in [6, 6.07) is 8.83. The second-order valence-corrected chi connectivity index (χ2v) is 9.12. The van der Waals surface area contributed by atoms with Gasteiger partial charge in [-0.15, -0.1) is 13.2 Å². The van der Waals surface area contributed by atoms with Crippen LogP contribution in [-0.2, 0) is 13.1 Å². The number of aliphatic hydroxyl groups excluding tert-OH is 1. The van der Waals surface area contributed by atoms with Crippen molar-refractivity contribution >= 4 is 22.4 Å². The van der Waals surface area contributed by atoms with E-state index in [0.717, 1.165) is 13.1 Å². The van der Waals surface area contributed by atoms with Gasteiger partial charge in [-0.2, -0.15) is 4.98 Å². The molecule has 12 heteroatoms. The molecule has 0 aliphatic carbocycles. The summed E-state index contributed by atoms with van der Waals surface area (Å²) in [6.07, 6.45) is -1.92. The van der Waals surface area contributed by atoms with E-state index in [1.54, 1.807) is 22.9 Å². The molecule has 0 unspecified atom stereocenters. The van der Waals surface area contributed by atoms with E-state index in [9.17, 15) is 23.4 Å². The van der Waals surface area contributed by atoms with Crippen molar-refractivity contribution in [3.8, 4) is 23.0 Å². The third-order valence-corrected chi connectivity index (χ3v) is 6.36. The van der Waals surface area contributed by atoms with Crippen molar-refractivity contribution in [1.29, 1.82) is 0 Å². The summed E-state index contributed by atoms with van der Waals surface area (Å²) in [5.41, 5.74) is 1.27. The summed E-state index contributed by atoms with van der Waals surface area (Å²) in [7, 11) is 0. The van der Waals surface area contributed by atoms with Gasteiger partial charge in [0, 0.05) is 30.2 Å². The number of aromatic hydroxyl groups is 1. The van der Waals surface area contributed by atoms with Crippen LogP contribution in [0.3, 0.4) is 0 Å². The van der Waals surface area contributed by atoms with Crippen molar-refractivity contribution in [3.63, 3.8) is 0 Å². The van der Waals surface area contributed by atoms with Crippen LogP contribution in [0.1, 0.15) is 24.3 Å². The lowest BCUT2D eigenvalue weighted by atomic mass is 10.1. The molecule has 2 aromatic heterocycles. The zero-order valence-electron chi connectivity index (χ0n) is 18.9. The van der Waals surface area contributed by atoms with E-state index in [2.05, 4.69) is 19.8 Å². The van der Waals surface area contributed by atoms with Gasteiger partial charge in [0.1, 0.15) is 5.75 Å². The first kappa shape index (κ1) is 24.4. The van der Waals surface area contributed by atoms with Gasteiger partial charge in [-0.25, -0.2) is 0 Å². The topological polar surface area (TPSA) is 96.8 Å². The van der Waals surface area contributed by atoms with Crippen LogP contribution in [0, 0.1) is 0 Å². The Hall–Kier alpha value is -3.28. The Balaban J connectivity index is 1.34. The maximum Gasteiger partial charge on any atom is 0.573 e.